The van der Waals surface area contributed by atoms with Crippen molar-refractivity contribution >= 4 is 11.9 Å². The summed E-state index contributed by atoms with van der Waals surface area (Å²) in [6, 6.07) is 7.70. The van der Waals surface area contributed by atoms with Crippen LogP contribution < -0.4 is 0 Å². The van der Waals surface area contributed by atoms with E-state index in [9.17, 15) is 9.59 Å². The highest BCUT2D eigenvalue weighted by molar-refractivity contribution is 5.84. The number of nitrogens with zero attached hydrogens (tertiary/aromatic N) is 1. The van der Waals surface area contributed by atoms with Crippen LogP contribution in [-0.4, -0.2) is 36.0 Å². The summed E-state index contributed by atoms with van der Waals surface area (Å²) in [6.45, 7) is 5.16. The third kappa shape index (κ3) is 3.59. The van der Waals surface area contributed by atoms with Gasteiger partial charge in [-0.3, -0.25) is 9.59 Å². The lowest BCUT2D eigenvalue weighted by Gasteiger charge is -2.20. The van der Waals surface area contributed by atoms with Gasteiger partial charge in [0.1, 0.15) is 0 Å². The summed E-state index contributed by atoms with van der Waals surface area (Å²) in [5, 5.41) is 0. The number of esters is 1. The van der Waals surface area contributed by atoms with Crippen molar-refractivity contribution in [2.75, 3.05) is 13.1 Å². The molecule has 0 radical (unpaired) electrons. The molecule has 0 unspecified atom stereocenters. The van der Waals surface area contributed by atoms with Crippen LogP contribution in [0.25, 0.3) is 0 Å². The Morgan fingerprint density at radius 3 is 2.55 bits per heavy atom. The number of benzene rings is 1. The summed E-state index contributed by atoms with van der Waals surface area (Å²) >= 11 is 0. The standard InChI is InChI=1S/C16H21NO3/c1-12-7-3-4-8-14(12)11-15(18)20-13(2)16(19)17-9-5-6-10-17/h3-4,7-8,13H,5-6,9-11H2,1-2H3/t13-/m1/s1. The molecule has 108 valence electrons. The maximum Gasteiger partial charge on any atom is 0.311 e. The van der Waals surface area contributed by atoms with E-state index in [1.165, 1.54) is 0 Å². The number of hydrogen-bond acceptors (Lipinski definition) is 3. The highest BCUT2D eigenvalue weighted by atomic mass is 16.5. The van der Waals surface area contributed by atoms with Crippen molar-refractivity contribution in [1.82, 2.24) is 4.90 Å². The molecule has 4 heteroatoms. The smallest absolute Gasteiger partial charge is 0.311 e. The molecule has 0 saturated carbocycles. The number of likely N-dealkylation sites (tertiary alicyclic amines) is 1. The number of rotatable bonds is 4. The number of carbonyl (C=O) groups is 2. The van der Waals surface area contributed by atoms with Crippen LogP contribution in [0.4, 0.5) is 0 Å². The van der Waals surface area contributed by atoms with Crippen molar-refractivity contribution in [3.8, 4) is 0 Å². The highest BCUT2D eigenvalue weighted by Crippen LogP contribution is 2.12. The Hall–Kier alpha value is -1.84. The molecule has 1 aromatic rings. The van der Waals surface area contributed by atoms with Gasteiger partial charge in [0.05, 0.1) is 6.42 Å². The highest BCUT2D eigenvalue weighted by Gasteiger charge is 2.25. The van der Waals surface area contributed by atoms with Crippen molar-refractivity contribution in [2.45, 2.75) is 39.2 Å². The van der Waals surface area contributed by atoms with Gasteiger partial charge in [-0.25, -0.2) is 0 Å². The summed E-state index contributed by atoms with van der Waals surface area (Å²) in [5.41, 5.74) is 2.00. The molecule has 4 nitrogen and oxygen atoms in total. The van der Waals surface area contributed by atoms with E-state index >= 15 is 0 Å². The summed E-state index contributed by atoms with van der Waals surface area (Å²) < 4.78 is 5.25. The van der Waals surface area contributed by atoms with E-state index in [4.69, 9.17) is 4.74 Å². The first kappa shape index (κ1) is 14.6. The molecule has 1 atom stereocenters. The second-order valence-electron chi connectivity index (χ2n) is 5.27. The van der Waals surface area contributed by atoms with Crippen LogP contribution in [-0.2, 0) is 20.7 Å². The quantitative estimate of drug-likeness (QED) is 0.790. The number of amides is 1. The predicted octanol–water partition coefficient (Wildman–Crippen LogP) is 2.09. The maximum absolute atomic E-state index is 12.0. The molecule has 1 heterocycles. The zero-order valence-corrected chi connectivity index (χ0v) is 12.1. The molecule has 0 spiro atoms. The Kier molecular flexibility index (Phi) is 4.77. The minimum atomic E-state index is -0.690. The summed E-state index contributed by atoms with van der Waals surface area (Å²) in [7, 11) is 0. The normalized spacial score (nSPS) is 16.0. The average molecular weight is 275 g/mol. The van der Waals surface area contributed by atoms with Crippen LogP contribution >= 0.6 is 0 Å². The summed E-state index contributed by atoms with van der Waals surface area (Å²) in [6.07, 6.45) is 1.60. The fraction of sp³-hybridized carbons (Fsp3) is 0.500. The van der Waals surface area contributed by atoms with E-state index in [-0.39, 0.29) is 18.3 Å². The second kappa shape index (κ2) is 6.55. The molecule has 1 aromatic carbocycles. The van der Waals surface area contributed by atoms with Gasteiger partial charge < -0.3 is 9.64 Å². The van der Waals surface area contributed by atoms with Gasteiger partial charge in [0.2, 0.25) is 0 Å². The minimum absolute atomic E-state index is 0.0827. The molecule has 0 N–H and O–H groups in total. The molecular formula is C16H21NO3. The minimum Gasteiger partial charge on any atom is -0.452 e. The second-order valence-corrected chi connectivity index (χ2v) is 5.27. The Balaban J connectivity index is 1.87. The zero-order valence-electron chi connectivity index (χ0n) is 12.1. The van der Waals surface area contributed by atoms with Gasteiger partial charge in [0.15, 0.2) is 6.10 Å². The van der Waals surface area contributed by atoms with Gasteiger partial charge in [0.25, 0.3) is 5.91 Å². The molecular weight excluding hydrogens is 254 g/mol. The molecule has 2 rings (SSSR count). The van der Waals surface area contributed by atoms with Crippen LogP contribution in [0.2, 0.25) is 0 Å². The lowest BCUT2D eigenvalue weighted by atomic mass is 10.1. The molecule has 1 amide bonds. The maximum atomic E-state index is 12.0. The Morgan fingerprint density at radius 1 is 1.25 bits per heavy atom. The van der Waals surface area contributed by atoms with Crippen LogP contribution in [0.1, 0.15) is 30.9 Å². The van der Waals surface area contributed by atoms with Gasteiger partial charge in [-0.1, -0.05) is 24.3 Å². The van der Waals surface area contributed by atoms with Gasteiger partial charge in [0, 0.05) is 13.1 Å². The molecule has 0 bridgehead atoms. The Bertz CT molecular complexity index is 492. The molecule has 1 aliphatic rings. The van der Waals surface area contributed by atoms with Gasteiger partial charge in [-0.05, 0) is 37.8 Å². The van der Waals surface area contributed by atoms with Crippen molar-refractivity contribution in [3.05, 3.63) is 35.4 Å². The summed E-state index contributed by atoms with van der Waals surface area (Å²) in [4.78, 5) is 25.7. The fourth-order valence-electron chi connectivity index (χ4n) is 2.45. The van der Waals surface area contributed by atoms with Crippen LogP contribution in [0.3, 0.4) is 0 Å². The number of carbonyl (C=O) groups excluding carboxylic acids is 2. The van der Waals surface area contributed by atoms with E-state index in [0.717, 1.165) is 37.1 Å². The van der Waals surface area contributed by atoms with Gasteiger partial charge in [-0.15, -0.1) is 0 Å². The topological polar surface area (TPSA) is 46.6 Å². The first-order valence-electron chi connectivity index (χ1n) is 7.10. The van der Waals surface area contributed by atoms with Crippen LogP contribution in [0.15, 0.2) is 24.3 Å². The zero-order chi connectivity index (χ0) is 14.5. The molecule has 20 heavy (non-hydrogen) atoms. The molecule has 1 aliphatic heterocycles. The fourth-order valence-corrected chi connectivity index (χ4v) is 2.45. The Labute approximate surface area is 119 Å². The van der Waals surface area contributed by atoms with Gasteiger partial charge in [-0.2, -0.15) is 0 Å². The van der Waals surface area contributed by atoms with E-state index in [1.807, 2.05) is 31.2 Å². The Morgan fingerprint density at radius 2 is 1.90 bits per heavy atom. The lowest BCUT2D eigenvalue weighted by Crippen LogP contribution is -2.38. The van der Waals surface area contributed by atoms with Gasteiger partial charge >= 0.3 is 5.97 Å². The molecule has 1 saturated heterocycles. The largest absolute Gasteiger partial charge is 0.452 e. The van der Waals surface area contributed by atoms with Crippen molar-refractivity contribution in [3.63, 3.8) is 0 Å². The number of ether oxygens (including phenoxy) is 1. The average Bonchev–Trinajstić information content (AvgIpc) is 2.94. The van der Waals surface area contributed by atoms with Crippen LogP contribution in [0.5, 0.6) is 0 Å². The van der Waals surface area contributed by atoms with E-state index in [2.05, 4.69) is 0 Å². The predicted molar refractivity (Wildman–Crippen MR) is 76.3 cm³/mol. The van der Waals surface area contributed by atoms with Crippen molar-refractivity contribution in [1.29, 1.82) is 0 Å². The van der Waals surface area contributed by atoms with E-state index < -0.39 is 6.10 Å². The first-order chi connectivity index (χ1) is 9.58. The SMILES string of the molecule is Cc1ccccc1CC(=O)O[C@H](C)C(=O)N1CCCC1. The first-order valence-corrected chi connectivity index (χ1v) is 7.10. The monoisotopic (exact) mass is 275 g/mol. The van der Waals surface area contributed by atoms with E-state index in [1.54, 1.807) is 11.8 Å². The molecule has 1 fully saturated rings. The third-order valence-electron chi connectivity index (χ3n) is 3.67. The third-order valence-corrected chi connectivity index (χ3v) is 3.67. The molecule has 0 aromatic heterocycles. The lowest BCUT2D eigenvalue weighted by molar-refractivity contribution is -0.158. The van der Waals surface area contributed by atoms with Crippen molar-refractivity contribution in [2.24, 2.45) is 0 Å². The summed E-state index contributed by atoms with van der Waals surface area (Å²) in [5.74, 6) is -0.431. The number of aryl methyl sites for hydroxylation is 1. The van der Waals surface area contributed by atoms with Crippen molar-refractivity contribution < 1.29 is 14.3 Å². The molecule has 0 aliphatic carbocycles. The van der Waals surface area contributed by atoms with E-state index in [0.29, 0.717) is 0 Å². The number of hydrogen-bond donors (Lipinski definition) is 0. The van der Waals surface area contributed by atoms with Crippen LogP contribution in [0, 0.1) is 6.92 Å².